The van der Waals surface area contributed by atoms with Gasteiger partial charge in [-0.15, -0.1) is 0 Å². The molecule has 2 rings (SSSR count). The van der Waals surface area contributed by atoms with Gasteiger partial charge in [-0.1, -0.05) is 30.3 Å². The molecular formula is C14H20N2O3. The summed E-state index contributed by atoms with van der Waals surface area (Å²) in [6.07, 6.45) is 0.0709. The van der Waals surface area contributed by atoms with Crippen LogP contribution in [0.3, 0.4) is 0 Å². The molecule has 1 saturated heterocycles. The fraction of sp³-hybridized carbons (Fsp3) is 0.500. The molecule has 1 aliphatic heterocycles. The van der Waals surface area contributed by atoms with E-state index in [0.29, 0.717) is 32.7 Å². The lowest BCUT2D eigenvalue weighted by molar-refractivity contribution is -0.123. The number of benzene rings is 1. The van der Waals surface area contributed by atoms with Gasteiger partial charge in [0.25, 0.3) is 0 Å². The summed E-state index contributed by atoms with van der Waals surface area (Å²) in [7, 11) is 0. The van der Waals surface area contributed by atoms with Crippen LogP contribution < -0.4 is 10.6 Å². The molecule has 3 N–H and O–H groups in total. The molecule has 2 unspecified atom stereocenters. The minimum Gasteiger partial charge on any atom is -0.392 e. The van der Waals surface area contributed by atoms with Crippen molar-refractivity contribution < 1.29 is 14.6 Å². The van der Waals surface area contributed by atoms with Gasteiger partial charge in [-0.3, -0.25) is 4.79 Å². The zero-order chi connectivity index (χ0) is 13.5. The fourth-order valence-corrected chi connectivity index (χ4v) is 2.05. The molecule has 2 atom stereocenters. The second-order valence-electron chi connectivity index (χ2n) is 4.68. The fourth-order valence-electron chi connectivity index (χ4n) is 2.05. The Morgan fingerprint density at radius 1 is 1.42 bits per heavy atom. The number of amides is 1. The summed E-state index contributed by atoms with van der Waals surface area (Å²) in [5, 5.41) is 15.1. The quantitative estimate of drug-likeness (QED) is 0.635. The molecule has 0 aromatic heterocycles. The molecule has 1 heterocycles. The minimum absolute atomic E-state index is 0.0696. The molecule has 1 aliphatic rings. The van der Waals surface area contributed by atoms with Crippen molar-refractivity contribution in [2.75, 3.05) is 19.7 Å². The minimum atomic E-state index is -0.412. The Morgan fingerprint density at radius 2 is 2.21 bits per heavy atom. The average Bonchev–Trinajstić information content (AvgIpc) is 2.86. The second kappa shape index (κ2) is 7.23. The third-order valence-corrected chi connectivity index (χ3v) is 3.08. The topological polar surface area (TPSA) is 70.6 Å². The molecule has 0 saturated carbocycles. The van der Waals surface area contributed by atoms with Crippen LogP contribution in [0.4, 0.5) is 0 Å². The maximum atomic E-state index is 11.7. The van der Waals surface area contributed by atoms with Crippen LogP contribution in [0.2, 0.25) is 0 Å². The number of ether oxygens (including phenoxy) is 1. The first-order valence-electron chi connectivity index (χ1n) is 6.56. The van der Waals surface area contributed by atoms with Crippen LogP contribution in [0.25, 0.3) is 0 Å². The molecule has 19 heavy (non-hydrogen) atoms. The number of nitrogens with one attached hydrogen (secondary N) is 2. The highest BCUT2D eigenvalue weighted by Gasteiger charge is 2.27. The van der Waals surface area contributed by atoms with E-state index in [-0.39, 0.29) is 11.9 Å². The summed E-state index contributed by atoms with van der Waals surface area (Å²) in [6.45, 7) is 2.01. The molecule has 0 aliphatic carbocycles. The van der Waals surface area contributed by atoms with Crippen molar-refractivity contribution in [2.24, 2.45) is 0 Å². The van der Waals surface area contributed by atoms with Crippen LogP contribution in [-0.2, 0) is 16.1 Å². The molecule has 0 spiro atoms. The van der Waals surface area contributed by atoms with Gasteiger partial charge in [0.05, 0.1) is 25.4 Å². The third kappa shape index (κ3) is 4.63. The van der Waals surface area contributed by atoms with Crippen molar-refractivity contribution in [3.8, 4) is 0 Å². The SMILES string of the molecule is O=C(NCCOCc1ccccc1)C1CC(O)CN1. The van der Waals surface area contributed by atoms with Crippen molar-refractivity contribution >= 4 is 5.91 Å². The van der Waals surface area contributed by atoms with Crippen LogP contribution >= 0.6 is 0 Å². The van der Waals surface area contributed by atoms with Crippen molar-refractivity contribution in [1.82, 2.24) is 10.6 Å². The lowest BCUT2D eigenvalue weighted by Crippen LogP contribution is -2.41. The third-order valence-electron chi connectivity index (χ3n) is 3.08. The Labute approximate surface area is 113 Å². The molecule has 1 aromatic carbocycles. The molecule has 5 nitrogen and oxygen atoms in total. The van der Waals surface area contributed by atoms with E-state index in [4.69, 9.17) is 4.74 Å². The Kier molecular flexibility index (Phi) is 5.32. The lowest BCUT2D eigenvalue weighted by atomic mass is 10.2. The first-order chi connectivity index (χ1) is 9.25. The monoisotopic (exact) mass is 264 g/mol. The van der Waals surface area contributed by atoms with Gasteiger partial charge in [0.1, 0.15) is 0 Å². The van der Waals surface area contributed by atoms with E-state index in [2.05, 4.69) is 10.6 Å². The zero-order valence-electron chi connectivity index (χ0n) is 10.8. The van der Waals surface area contributed by atoms with Crippen molar-refractivity contribution in [3.63, 3.8) is 0 Å². The van der Waals surface area contributed by atoms with E-state index in [1.54, 1.807) is 0 Å². The number of aliphatic hydroxyl groups is 1. The predicted molar refractivity (Wildman–Crippen MR) is 71.5 cm³/mol. The van der Waals surface area contributed by atoms with Crippen LogP contribution in [0.15, 0.2) is 30.3 Å². The molecule has 5 heteroatoms. The van der Waals surface area contributed by atoms with Gasteiger partial charge in [-0.05, 0) is 12.0 Å². The highest BCUT2D eigenvalue weighted by atomic mass is 16.5. The van der Waals surface area contributed by atoms with Gasteiger partial charge < -0.3 is 20.5 Å². The van der Waals surface area contributed by atoms with Crippen LogP contribution in [-0.4, -0.2) is 42.9 Å². The average molecular weight is 264 g/mol. The Morgan fingerprint density at radius 3 is 2.89 bits per heavy atom. The molecule has 1 fully saturated rings. The van der Waals surface area contributed by atoms with Gasteiger partial charge >= 0.3 is 0 Å². The standard InChI is InChI=1S/C14H20N2O3/c17-12-8-13(16-9-12)14(18)15-6-7-19-10-11-4-2-1-3-5-11/h1-5,12-13,16-17H,6-10H2,(H,15,18). The van der Waals surface area contributed by atoms with Crippen LogP contribution in [0.5, 0.6) is 0 Å². The molecule has 0 bridgehead atoms. The first-order valence-corrected chi connectivity index (χ1v) is 6.56. The second-order valence-corrected chi connectivity index (χ2v) is 4.68. The van der Waals surface area contributed by atoms with Gasteiger partial charge in [-0.25, -0.2) is 0 Å². The number of carbonyl (C=O) groups is 1. The smallest absolute Gasteiger partial charge is 0.237 e. The van der Waals surface area contributed by atoms with E-state index in [9.17, 15) is 9.90 Å². The first kappa shape index (κ1) is 14.0. The zero-order valence-corrected chi connectivity index (χ0v) is 10.8. The van der Waals surface area contributed by atoms with E-state index in [1.165, 1.54) is 0 Å². The molecule has 104 valence electrons. The van der Waals surface area contributed by atoms with Gasteiger partial charge in [0.2, 0.25) is 5.91 Å². The lowest BCUT2D eigenvalue weighted by Gasteiger charge is -2.11. The van der Waals surface area contributed by atoms with E-state index in [0.717, 1.165) is 5.56 Å². The highest BCUT2D eigenvalue weighted by Crippen LogP contribution is 2.05. The van der Waals surface area contributed by atoms with Gasteiger partial charge in [0.15, 0.2) is 0 Å². The Balaban J connectivity index is 1.56. The number of β-amino-alcohol motifs (C(OH)–C–C–N with tert-alkyl or cyclic N) is 1. The van der Waals surface area contributed by atoms with Crippen molar-refractivity contribution in [3.05, 3.63) is 35.9 Å². The summed E-state index contributed by atoms with van der Waals surface area (Å²) >= 11 is 0. The molecule has 1 aromatic rings. The number of carbonyl (C=O) groups excluding carboxylic acids is 1. The summed E-state index contributed by atoms with van der Waals surface area (Å²) in [5.74, 6) is -0.0696. The maximum absolute atomic E-state index is 11.7. The van der Waals surface area contributed by atoms with E-state index >= 15 is 0 Å². The molecule has 1 amide bonds. The summed E-state index contributed by atoms with van der Waals surface area (Å²) in [5.41, 5.74) is 1.12. The molecule has 0 radical (unpaired) electrons. The largest absolute Gasteiger partial charge is 0.392 e. The van der Waals surface area contributed by atoms with Crippen molar-refractivity contribution in [2.45, 2.75) is 25.2 Å². The van der Waals surface area contributed by atoms with Crippen molar-refractivity contribution in [1.29, 1.82) is 0 Å². The predicted octanol–water partition coefficient (Wildman–Crippen LogP) is 0.0422. The summed E-state index contributed by atoms with van der Waals surface area (Å²) in [4.78, 5) is 11.7. The maximum Gasteiger partial charge on any atom is 0.237 e. The van der Waals surface area contributed by atoms with E-state index in [1.807, 2.05) is 30.3 Å². The van der Waals surface area contributed by atoms with Crippen LogP contribution in [0, 0.1) is 0 Å². The molecular weight excluding hydrogens is 244 g/mol. The highest BCUT2D eigenvalue weighted by molar-refractivity contribution is 5.82. The summed E-state index contributed by atoms with van der Waals surface area (Å²) in [6, 6.07) is 9.64. The normalized spacial score (nSPS) is 22.4. The Bertz CT molecular complexity index is 397. The number of aliphatic hydroxyl groups excluding tert-OH is 1. The van der Waals surface area contributed by atoms with Gasteiger partial charge in [0, 0.05) is 13.1 Å². The number of rotatable bonds is 6. The van der Waals surface area contributed by atoms with Gasteiger partial charge in [-0.2, -0.15) is 0 Å². The van der Waals surface area contributed by atoms with E-state index < -0.39 is 6.10 Å². The van der Waals surface area contributed by atoms with Crippen LogP contribution in [0.1, 0.15) is 12.0 Å². The number of hydrogen-bond donors (Lipinski definition) is 3. The Hall–Kier alpha value is -1.43. The number of hydrogen-bond acceptors (Lipinski definition) is 4. The summed E-state index contributed by atoms with van der Waals surface area (Å²) < 4.78 is 5.47.